The SMILES string of the molecule is NC1(c2ccc(OC(F)F)cc2F)CCCCC1. The van der Waals surface area contributed by atoms with Crippen molar-refractivity contribution in [3.05, 3.63) is 29.6 Å². The summed E-state index contributed by atoms with van der Waals surface area (Å²) in [6.07, 6.45) is 4.47. The number of hydrogen-bond donors (Lipinski definition) is 1. The predicted octanol–water partition coefficient (Wildman–Crippen LogP) is 3.55. The summed E-state index contributed by atoms with van der Waals surface area (Å²) in [6.45, 7) is -2.95. The number of rotatable bonds is 3. The molecule has 1 aromatic rings. The summed E-state index contributed by atoms with van der Waals surface area (Å²) in [7, 11) is 0. The van der Waals surface area contributed by atoms with E-state index < -0.39 is 18.0 Å². The minimum atomic E-state index is -2.95. The van der Waals surface area contributed by atoms with Crippen molar-refractivity contribution in [2.45, 2.75) is 44.3 Å². The quantitative estimate of drug-likeness (QED) is 0.901. The third-order valence-corrected chi connectivity index (χ3v) is 3.45. The molecule has 0 unspecified atom stereocenters. The van der Waals surface area contributed by atoms with E-state index in [4.69, 9.17) is 5.73 Å². The van der Waals surface area contributed by atoms with E-state index in [-0.39, 0.29) is 5.75 Å². The Morgan fingerprint density at radius 2 is 1.83 bits per heavy atom. The van der Waals surface area contributed by atoms with Crippen molar-refractivity contribution in [2.24, 2.45) is 5.73 Å². The van der Waals surface area contributed by atoms with Crippen LogP contribution in [0.3, 0.4) is 0 Å². The molecule has 0 aromatic heterocycles. The van der Waals surface area contributed by atoms with E-state index in [0.717, 1.165) is 38.2 Å². The van der Waals surface area contributed by atoms with Gasteiger partial charge in [0, 0.05) is 17.2 Å². The van der Waals surface area contributed by atoms with Gasteiger partial charge in [-0.1, -0.05) is 25.3 Å². The second-order valence-electron chi connectivity index (χ2n) is 4.74. The molecular formula is C13H16F3NO. The lowest BCUT2D eigenvalue weighted by Crippen LogP contribution is -2.39. The zero-order chi connectivity index (χ0) is 13.2. The fourth-order valence-corrected chi connectivity index (χ4v) is 2.53. The van der Waals surface area contributed by atoms with Crippen LogP contribution in [0.4, 0.5) is 13.2 Å². The third kappa shape index (κ3) is 2.77. The average Bonchev–Trinajstić information content (AvgIpc) is 2.28. The average molecular weight is 259 g/mol. The molecule has 1 fully saturated rings. The molecule has 0 amide bonds. The van der Waals surface area contributed by atoms with E-state index in [9.17, 15) is 13.2 Å². The van der Waals surface area contributed by atoms with Crippen LogP contribution in [0.25, 0.3) is 0 Å². The molecule has 0 radical (unpaired) electrons. The number of hydrogen-bond acceptors (Lipinski definition) is 2. The Morgan fingerprint density at radius 3 is 2.39 bits per heavy atom. The predicted molar refractivity (Wildman–Crippen MR) is 62.0 cm³/mol. The van der Waals surface area contributed by atoms with Crippen LogP contribution in [0.5, 0.6) is 5.75 Å². The fraction of sp³-hybridized carbons (Fsp3) is 0.538. The van der Waals surface area contributed by atoms with Gasteiger partial charge in [0.15, 0.2) is 0 Å². The number of halogens is 3. The van der Waals surface area contributed by atoms with Crippen LogP contribution in [0, 0.1) is 5.82 Å². The Labute approximate surface area is 104 Å². The maximum atomic E-state index is 13.9. The summed E-state index contributed by atoms with van der Waals surface area (Å²) in [5, 5.41) is 0. The largest absolute Gasteiger partial charge is 0.435 e. The van der Waals surface area contributed by atoms with Crippen molar-refractivity contribution < 1.29 is 17.9 Å². The summed E-state index contributed by atoms with van der Waals surface area (Å²) in [5.74, 6) is -0.747. The van der Waals surface area contributed by atoms with Gasteiger partial charge in [0.05, 0.1) is 0 Å². The Balaban J connectivity index is 2.23. The first-order valence-electron chi connectivity index (χ1n) is 6.05. The summed E-state index contributed by atoms with van der Waals surface area (Å²) in [4.78, 5) is 0. The van der Waals surface area contributed by atoms with Crippen LogP contribution < -0.4 is 10.5 Å². The van der Waals surface area contributed by atoms with Crippen molar-refractivity contribution in [1.29, 1.82) is 0 Å². The van der Waals surface area contributed by atoms with Gasteiger partial charge in [-0.3, -0.25) is 0 Å². The first kappa shape index (κ1) is 13.2. The zero-order valence-electron chi connectivity index (χ0n) is 9.96. The molecule has 1 aliphatic rings. The first-order chi connectivity index (χ1) is 8.51. The van der Waals surface area contributed by atoms with E-state index in [1.165, 1.54) is 12.1 Å². The molecule has 1 saturated carbocycles. The fourth-order valence-electron chi connectivity index (χ4n) is 2.53. The van der Waals surface area contributed by atoms with Gasteiger partial charge in [-0.2, -0.15) is 8.78 Å². The van der Waals surface area contributed by atoms with Gasteiger partial charge < -0.3 is 10.5 Å². The molecule has 1 aromatic carbocycles. The number of ether oxygens (including phenoxy) is 1. The Hall–Kier alpha value is -1.23. The standard InChI is InChI=1S/C13H16F3NO/c14-11-8-9(18-12(15)16)4-5-10(11)13(17)6-2-1-3-7-13/h4-5,8,12H,1-3,6-7,17H2. The monoisotopic (exact) mass is 259 g/mol. The van der Waals surface area contributed by atoms with Crippen molar-refractivity contribution in [2.75, 3.05) is 0 Å². The molecular weight excluding hydrogens is 243 g/mol. The minimum absolute atomic E-state index is 0.175. The first-order valence-corrected chi connectivity index (χ1v) is 6.05. The molecule has 100 valence electrons. The van der Waals surface area contributed by atoms with E-state index in [0.29, 0.717) is 5.56 Å². The molecule has 0 aliphatic heterocycles. The highest BCUT2D eigenvalue weighted by Crippen LogP contribution is 2.36. The van der Waals surface area contributed by atoms with Crippen LogP contribution >= 0.6 is 0 Å². The molecule has 5 heteroatoms. The molecule has 1 aliphatic carbocycles. The Kier molecular flexibility index (Phi) is 3.80. The Morgan fingerprint density at radius 1 is 1.17 bits per heavy atom. The van der Waals surface area contributed by atoms with Gasteiger partial charge in [-0.05, 0) is 18.9 Å². The lowest BCUT2D eigenvalue weighted by Gasteiger charge is -2.34. The van der Waals surface area contributed by atoms with Crippen LogP contribution in [0.1, 0.15) is 37.7 Å². The molecule has 0 bridgehead atoms. The molecule has 18 heavy (non-hydrogen) atoms. The van der Waals surface area contributed by atoms with Gasteiger partial charge in [0.2, 0.25) is 0 Å². The van der Waals surface area contributed by atoms with E-state index in [2.05, 4.69) is 4.74 Å². The van der Waals surface area contributed by atoms with Crippen LogP contribution in [0.2, 0.25) is 0 Å². The maximum absolute atomic E-state index is 13.9. The Bertz CT molecular complexity index is 417. The second-order valence-corrected chi connectivity index (χ2v) is 4.74. The number of nitrogens with two attached hydrogens (primary N) is 1. The van der Waals surface area contributed by atoms with E-state index in [1.54, 1.807) is 0 Å². The van der Waals surface area contributed by atoms with Crippen molar-refractivity contribution in [1.82, 2.24) is 0 Å². The minimum Gasteiger partial charge on any atom is -0.435 e. The van der Waals surface area contributed by atoms with Gasteiger partial charge in [0.1, 0.15) is 11.6 Å². The van der Waals surface area contributed by atoms with Gasteiger partial charge >= 0.3 is 6.61 Å². The number of alkyl halides is 2. The lowest BCUT2D eigenvalue weighted by molar-refractivity contribution is -0.0500. The number of benzene rings is 1. The molecule has 2 N–H and O–H groups in total. The van der Waals surface area contributed by atoms with Crippen LogP contribution in [0.15, 0.2) is 18.2 Å². The molecule has 0 spiro atoms. The maximum Gasteiger partial charge on any atom is 0.387 e. The highest BCUT2D eigenvalue weighted by atomic mass is 19.3. The molecule has 2 rings (SSSR count). The summed E-state index contributed by atoms with van der Waals surface area (Å²) >= 11 is 0. The lowest BCUT2D eigenvalue weighted by atomic mass is 9.77. The smallest absolute Gasteiger partial charge is 0.387 e. The van der Waals surface area contributed by atoms with Crippen molar-refractivity contribution >= 4 is 0 Å². The van der Waals surface area contributed by atoms with Gasteiger partial charge in [-0.15, -0.1) is 0 Å². The molecule has 0 atom stereocenters. The normalized spacial score (nSPS) is 18.9. The highest BCUT2D eigenvalue weighted by Gasteiger charge is 2.32. The van der Waals surface area contributed by atoms with Crippen LogP contribution in [-0.4, -0.2) is 6.61 Å². The summed E-state index contributed by atoms with van der Waals surface area (Å²) in [6, 6.07) is 3.77. The van der Waals surface area contributed by atoms with Crippen molar-refractivity contribution in [3.8, 4) is 5.75 Å². The van der Waals surface area contributed by atoms with Gasteiger partial charge in [0.25, 0.3) is 0 Å². The van der Waals surface area contributed by atoms with E-state index in [1.807, 2.05) is 0 Å². The summed E-state index contributed by atoms with van der Waals surface area (Å²) in [5.41, 5.74) is 5.92. The molecule has 0 heterocycles. The highest BCUT2D eigenvalue weighted by molar-refractivity contribution is 5.33. The van der Waals surface area contributed by atoms with Crippen LogP contribution in [-0.2, 0) is 5.54 Å². The molecule has 0 saturated heterocycles. The summed E-state index contributed by atoms with van der Waals surface area (Å²) < 4.78 is 42.1. The molecule has 2 nitrogen and oxygen atoms in total. The second kappa shape index (κ2) is 5.18. The third-order valence-electron chi connectivity index (χ3n) is 3.45. The van der Waals surface area contributed by atoms with Gasteiger partial charge in [-0.25, -0.2) is 4.39 Å². The van der Waals surface area contributed by atoms with E-state index >= 15 is 0 Å². The van der Waals surface area contributed by atoms with Crippen molar-refractivity contribution in [3.63, 3.8) is 0 Å². The zero-order valence-corrected chi connectivity index (χ0v) is 9.96. The topological polar surface area (TPSA) is 35.2 Å².